The van der Waals surface area contributed by atoms with Gasteiger partial charge in [0.15, 0.2) is 5.09 Å². The Kier molecular flexibility index (Phi) is 5.01. The number of hydrazone groups is 1. The number of hydrogen-bond donors (Lipinski definition) is 0. The van der Waals surface area contributed by atoms with Gasteiger partial charge in [0, 0.05) is 4.90 Å². The molecule has 3 aromatic rings. The minimum Gasteiger partial charge on any atom is -0.449 e. The average Bonchev–Trinajstić information content (AvgIpc) is 3.17. The Hall–Kier alpha value is -2.57. The van der Waals surface area contributed by atoms with Gasteiger partial charge in [0.05, 0.1) is 21.4 Å². The number of rotatable bonds is 4. The number of amides is 1. The summed E-state index contributed by atoms with van der Waals surface area (Å²) in [6.45, 7) is 1.82. The van der Waals surface area contributed by atoms with Gasteiger partial charge in [0.2, 0.25) is 0 Å². The highest BCUT2D eigenvalue weighted by Crippen LogP contribution is 2.37. The van der Waals surface area contributed by atoms with E-state index in [9.17, 15) is 4.79 Å². The van der Waals surface area contributed by atoms with Crippen molar-refractivity contribution in [2.75, 3.05) is 5.01 Å². The van der Waals surface area contributed by atoms with Crippen LogP contribution in [0.15, 0.2) is 96.3 Å². The quantitative estimate of drug-likeness (QED) is 0.469. The Morgan fingerprint density at radius 3 is 2.44 bits per heavy atom. The third-order valence-electron chi connectivity index (χ3n) is 3.98. The van der Waals surface area contributed by atoms with Gasteiger partial charge < -0.3 is 4.42 Å². The summed E-state index contributed by atoms with van der Waals surface area (Å²) in [4.78, 5) is 13.9. The van der Waals surface area contributed by atoms with Crippen LogP contribution in [0.2, 0.25) is 0 Å². The molecule has 0 radical (unpaired) electrons. The molecule has 0 N–H and O–H groups in total. The van der Waals surface area contributed by atoms with E-state index in [-0.39, 0.29) is 5.91 Å². The van der Waals surface area contributed by atoms with E-state index >= 15 is 0 Å². The topological polar surface area (TPSA) is 45.8 Å². The van der Waals surface area contributed by atoms with Crippen LogP contribution in [-0.4, -0.2) is 11.6 Å². The molecule has 0 saturated carbocycles. The molecule has 2 heterocycles. The summed E-state index contributed by atoms with van der Waals surface area (Å²) in [5, 5.41) is 6.55. The minimum atomic E-state index is -0.163. The van der Waals surface area contributed by atoms with Crippen LogP contribution < -0.4 is 5.01 Å². The molecule has 2 aromatic carbocycles. The molecule has 27 heavy (non-hydrogen) atoms. The fraction of sp³-hybridized carbons (Fsp3) is 0.0476. The predicted octanol–water partition coefficient (Wildman–Crippen LogP) is 6.00. The van der Waals surface area contributed by atoms with Gasteiger partial charge in [-0.25, -0.2) is 0 Å². The summed E-state index contributed by atoms with van der Waals surface area (Å²) in [6.07, 6.45) is 1.74. The van der Waals surface area contributed by atoms with E-state index in [4.69, 9.17) is 4.42 Å². The number of furan rings is 1. The van der Waals surface area contributed by atoms with Crippen molar-refractivity contribution in [3.05, 3.63) is 82.5 Å². The molecule has 1 amide bonds. The second-order valence-corrected chi connectivity index (χ2v) is 7.80. The monoisotopic (exact) mass is 438 g/mol. The van der Waals surface area contributed by atoms with Gasteiger partial charge in [-0.15, -0.1) is 0 Å². The number of carbonyl (C=O) groups excluding carboxylic acids is 1. The molecule has 0 spiro atoms. The zero-order valence-electron chi connectivity index (χ0n) is 14.4. The first kappa shape index (κ1) is 17.8. The maximum Gasteiger partial charge on any atom is 0.280 e. The van der Waals surface area contributed by atoms with Crippen molar-refractivity contribution in [1.29, 1.82) is 0 Å². The highest BCUT2D eigenvalue weighted by Gasteiger charge is 2.29. The van der Waals surface area contributed by atoms with Gasteiger partial charge in [0.1, 0.15) is 5.76 Å². The Bertz CT molecular complexity index is 1040. The van der Waals surface area contributed by atoms with Crippen molar-refractivity contribution in [3.63, 3.8) is 0 Å². The molecule has 0 fully saturated rings. The molecule has 0 aliphatic carbocycles. The molecular weight excluding hydrogens is 424 g/mol. The standard InChI is InChI=1S/C21H15BrN2O2S/c1-14-18(20(25)24(23-14)15-8-4-2-5-9-15)12-16-13-19(22)21(26-16)27-17-10-6-3-7-11-17/h2-13H,1H3/b18-12+. The maximum absolute atomic E-state index is 12.8. The zero-order chi connectivity index (χ0) is 18.8. The Morgan fingerprint density at radius 1 is 1.07 bits per heavy atom. The molecule has 0 bridgehead atoms. The summed E-state index contributed by atoms with van der Waals surface area (Å²) in [5.41, 5.74) is 1.93. The summed E-state index contributed by atoms with van der Waals surface area (Å²) in [7, 11) is 0. The van der Waals surface area contributed by atoms with Gasteiger partial charge in [-0.1, -0.05) is 48.2 Å². The van der Waals surface area contributed by atoms with Crippen molar-refractivity contribution in [2.45, 2.75) is 16.9 Å². The summed E-state index contributed by atoms with van der Waals surface area (Å²) >= 11 is 5.06. The Morgan fingerprint density at radius 2 is 1.74 bits per heavy atom. The summed E-state index contributed by atoms with van der Waals surface area (Å²) in [5.74, 6) is 0.441. The van der Waals surface area contributed by atoms with Crippen molar-refractivity contribution in [3.8, 4) is 0 Å². The first-order valence-electron chi connectivity index (χ1n) is 8.31. The number of halogens is 1. The second kappa shape index (κ2) is 7.58. The zero-order valence-corrected chi connectivity index (χ0v) is 16.8. The SMILES string of the molecule is CC1=NN(c2ccccc2)C(=O)/C1=C/c1cc(Br)c(Sc2ccccc2)o1. The molecule has 0 unspecified atom stereocenters. The van der Waals surface area contributed by atoms with Gasteiger partial charge in [-0.3, -0.25) is 4.79 Å². The third kappa shape index (κ3) is 3.77. The van der Waals surface area contributed by atoms with E-state index in [1.54, 1.807) is 6.08 Å². The van der Waals surface area contributed by atoms with E-state index in [1.165, 1.54) is 16.8 Å². The fourth-order valence-corrected chi connectivity index (χ4v) is 4.03. The largest absolute Gasteiger partial charge is 0.449 e. The number of hydrogen-bond acceptors (Lipinski definition) is 4. The molecule has 1 aromatic heterocycles. The molecule has 0 atom stereocenters. The van der Waals surface area contributed by atoms with Crippen molar-refractivity contribution in [1.82, 2.24) is 0 Å². The third-order valence-corrected chi connectivity index (χ3v) is 5.83. The van der Waals surface area contributed by atoms with Crippen LogP contribution in [-0.2, 0) is 4.79 Å². The maximum atomic E-state index is 12.8. The van der Waals surface area contributed by atoms with Crippen LogP contribution in [0, 0.1) is 0 Å². The lowest BCUT2D eigenvalue weighted by Gasteiger charge is -2.10. The number of nitrogens with zero attached hydrogens (tertiary/aromatic N) is 2. The van der Waals surface area contributed by atoms with Gasteiger partial charge in [-0.05, 0) is 59.3 Å². The predicted molar refractivity (Wildman–Crippen MR) is 112 cm³/mol. The van der Waals surface area contributed by atoms with Crippen molar-refractivity contribution < 1.29 is 9.21 Å². The van der Waals surface area contributed by atoms with Crippen molar-refractivity contribution in [2.24, 2.45) is 5.10 Å². The van der Waals surface area contributed by atoms with Crippen LogP contribution in [0.25, 0.3) is 6.08 Å². The van der Waals surface area contributed by atoms with E-state index in [1.807, 2.05) is 73.7 Å². The van der Waals surface area contributed by atoms with Crippen LogP contribution in [0.4, 0.5) is 5.69 Å². The van der Waals surface area contributed by atoms with Gasteiger partial charge in [0.25, 0.3) is 5.91 Å². The summed E-state index contributed by atoms with van der Waals surface area (Å²) in [6, 6.07) is 21.2. The lowest BCUT2D eigenvalue weighted by atomic mass is 10.1. The highest BCUT2D eigenvalue weighted by atomic mass is 79.9. The fourth-order valence-electron chi connectivity index (χ4n) is 2.68. The molecular formula is C21H15BrN2O2S. The first-order valence-corrected chi connectivity index (χ1v) is 9.92. The smallest absolute Gasteiger partial charge is 0.280 e. The van der Waals surface area contributed by atoms with Crippen LogP contribution in [0.1, 0.15) is 12.7 Å². The Balaban J connectivity index is 1.60. The second-order valence-electron chi connectivity index (χ2n) is 5.90. The highest BCUT2D eigenvalue weighted by molar-refractivity contribution is 9.10. The molecule has 1 aliphatic rings. The number of anilines is 1. The van der Waals surface area contributed by atoms with Crippen molar-refractivity contribution >= 4 is 51.1 Å². The minimum absolute atomic E-state index is 0.163. The molecule has 134 valence electrons. The molecule has 1 aliphatic heterocycles. The number of carbonyl (C=O) groups is 1. The van der Waals surface area contributed by atoms with E-state index in [2.05, 4.69) is 21.0 Å². The van der Waals surface area contributed by atoms with Crippen LogP contribution in [0.5, 0.6) is 0 Å². The van der Waals surface area contributed by atoms with Gasteiger partial charge in [-0.2, -0.15) is 10.1 Å². The first-order chi connectivity index (χ1) is 13.1. The lowest BCUT2D eigenvalue weighted by molar-refractivity contribution is -0.114. The number of para-hydroxylation sites is 1. The number of benzene rings is 2. The molecule has 0 saturated heterocycles. The molecule has 4 nitrogen and oxygen atoms in total. The average molecular weight is 439 g/mol. The normalized spacial score (nSPS) is 15.5. The van der Waals surface area contributed by atoms with Crippen LogP contribution >= 0.6 is 27.7 Å². The molecule has 6 heteroatoms. The van der Waals surface area contributed by atoms with Crippen LogP contribution in [0.3, 0.4) is 0 Å². The lowest BCUT2D eigenvalue weighted by Crippen LogP contribution is -2.21. The molecule has 4 rings (SSSR count). The van der Waals surface area contributed by atoms with E-state index in [0.717, 1.165) is 20.1 Å². The van der Waals surface area contributed by atoms with E-state index < -0.39 is 0 Å². The Labute approximate surface area is 169 Å². The summed E-state index contributed by atoms with van der Waals surface area (Å²) < 4.78 is 6.78. The van der Waals surface area contributed by atoms with Gasteiger partial charge >= 0.3 is 0 Å². The van der Waals surface area contributed by atoms with E-state index in [0.29, 0.717) is 17.0 Å².